The molecule has 1 atom stereocenters. The fourth-order valence-electron chi connectivity index (χ4n) is 4.43. The lowest BCUT2D eigenvalue weighted by molar-refractivity contribution is -0.142. The molecule has 3 aromatic rings. The van der Waals surface area contributed by atoms with Gasteiger partial charge in [-0.3, -0.25) is 4.79 Å². The number of fused-ring (bicyclic) bond motifs is 1. The van der Waals surface area contributed by atoms with Gasteiger partial charge < -0.3 is 20.1 Å². The van der Waals surface area contributed by atoms with Gasteiger partial charge in [0.05, 0.1) is 0 Å². The topological polar surface area (TPSA) is 77.7 Å². The Morgan fingerprint density at radius 3 is 2.52 bits per heavy atom. The van der Waals surface area contributed by atoms with E-state index in [4.69, 9.17) is 15.2 Å². The Morgan fingerprint density at radius 2 is 1.77 bits per heavy atom. The molecule has 160 valence electrons. The first kappa shape index (κ1) is 19.8. The van der Waals surface area contributed by atoms with E-state index in [9.17, 15) is 4.79 Å². The molecule has 1 aromatic heterocycles. The minimum Gasteiger partial charge on any atom is -0.490 e. The summed E-state index contributed by atoms with van der Waals surface area (Å²) in [7, 11) is 0. The highest BCUT2D eigenvalue weighted by Crippen LogP contribution is 2.28. The van der Waals surface area contributed by atoms with Crippen LogP contribution in [0.5, 0.6) is 5.75 Å². The zero-order valence-electron chi connectivity index (χ0n) is 17.5. The Bertz CT molecular complexity index is 1070. The van der Waals surface area contributed by atoms with Gasteiger partial charge in [0.15, 0.2) is 0 Å². The number of hydrogen-bond donors (Lipinski definition) is 1. The van der Waals surface area contributed by atoms with Gasteiger partial charge in [-0.1, -0.05) is 24.3 Å². The molecule has 3 heterocycles. The van der Waals surface area contributed by atoms with E-state index in [1.165, 1.54) is 0 Å². The van der Waals surface area contributed by atoms with Crippen molar-refractivity contribution in [3.63, 3.8) is 0 Å². The van der Waals surface area contributed by atoms with Crippen molar-refractivity contribution in [1.29, 1.82) is 0 Å². The Hall–Kier alpha value is -3.12. The third kappa shape index (κ3) is 4.35. The number of rotatable bonds is 4. The van der Waals surface area contributed by atoms with E-state index >= 15 is 0 Å². The smallest absolute Gasteiger partial charge is 0.251 e. The Morgan fingerprint density at radius 1 is 1.00 bits per heavy atom. The molecule has 2 saturated heterocycles. The van der Waals surface area contributed by atoms with Gasteiger partial charge in [-0.15, -0.1) is 0 Å². The molecule has 2 aliphatic heterocycles. The lowest BCUT2D eigenvalue weighted by Crippen LogP contribution is -2.45. The third-order valence-corrected chi connectivity index (χ3v) is 6.19. The molecule has 0 bridgehead atoms. The predicted octanol–water partition coefficient (Wildman–Crippen LogP) is 4.03. The Kier molecular flexibility index (Phi) is 5.47. The summed E-state index contributed by atoms with van der Waals surface area (Å²) < 4.78 is 11.7. The summed E-state index contributed by atoms with van der Waals surface area (Å²) >= 11 is 0. The van der Waals surface area contributed by atoms with E-state index < -0.39 is 0 Å². The quantitative estimate of drug-likeness (QED) is 0.693. The summed E-state index contributed by atoms with van der Waals surface area (Å²) in [5.74, 6) is 1.53. The van der Waals surface area contributed by atoms with E-state index in [0.717, 1.165) is 66.4 Å². The number of benzene rings is 2. The molecule has 1 amide bonds. The predicted molar refractivity (Wildman–Crippen MR) is 121 cm³/mol. The summed E-state index contributed by atoms with van der Waals surface area (Å²) in [5, 5.41) is 2.15. The summed E-state index contributed by atoms with van der Waals surface area (Å²) in [6.07, 6.45) is 5.23. The standard InChI is InChI=1S/C25H27N3O3/c26-24-15-20-14-18(3-4-19(20)16-27-24)17-5-7-21(8-6-17)31-22-9-11-28(12-10-22)25(29)23-2-1-13-30-23/h3-8,14-16,22-23H,1-2,9-13H2,(H2,26,27)/t23-/m1/s1. The molecule has 31 heavy (non-hydrogen) atoms. The summed E-state index contributed by atoms with van der Waals surface area (Å²) in [6.45, 7) is 2.17. The van der Waals surface area contributed by atoms with Crippen LogP contribution in [-0.4, -0.2) is 47.7 Å². The number of carbonyl (C=O) groups excluding carboxylic acids is 1. The maximum atomic E-state index is 12.5. The van der Waals surface area contributed by atoms with Gasteiger partial charge >= 0.3 is 0 Å². The van der Waals surface area contributed by atoms with Gasteiger partial charge in [-0.25, -0.2) is 4.98 Å². The summed E-state index contributed by atoms with van der Waals surface area (Å²) in [6, 6.07) is 16.4. The summed E-state index contributed by atoms with van der Waals surface area (Å²) in [5.41, 5.74) is 8.08. The molecular weight excluding hydrogens is 390 g/mol. The second-order valence-corrected chi connectivity index (χ2v) is 8.34. The van der Waals surface area contributed by atoms with E-state index in [1.807, 2.05) is 23.1 Å². The van der Waals surface area contributed by atoms with Crippen LogP contribution in [0.15, 0.2) is 54.7 Å². The van der Waals surface area contributed by atoms with Crippen molar-refractivity contribution in [3.8, 4) is 16.9 Å². The van der Waals surface area contributed by atoms with Crippen molar-refractivity contribution in [2.45, 2.75) is 37.9 Å². The van der Waals surface area contributed by atoms with E-state index in [2.05, 4.69) is 35.3 Å². The van der Waals surface area contributed by atoms with Crippen molar-refractivity contribution in [3.05, 3.63) is 54.7 Å². The molecule has 0 spiro atoms. The second-order valence-electron chi connectivity index (χ2n) is 8.34. The number of anilines is 1. The van der Waals surface area contributed by atoms with Crippen LogP contribution in [0.4, 0.5) is 5.82 Å². The van der Waals surface area contributed by atoms with Crippen LogP contribution in [0.1, 0.15) is 25.7 Å². The molecule has 5 rings (SSSR count). The first-order valence-corrected chi connectivity index (χ1v) is 11.0. The highest BCUT2D eigenvalue weighted by atomic mass is 16.5. The number of ether oxygens (including phenoxy) is 2. The number of likely N-dealkylation sites (tertiary alicyclic amines) is 1. The van der Waals surface area contributed by atoms with E-state index in [1.54, 1.807) is 6.20 Å². The van der Waals surface area contributed by atoms with Gasteiger partial charge in [-0.2, -0.15) is 0 Å². The van der Waals surface area contributed by atoms with Crippen molar-refractivity contribution in [1.82, 2.24) is 9.88 Å². The maximum Gasteiger partial charge on any atom is 0.251 e. The molecule has 0 radical (unpaired) electrons. The van der Waals surface area contributed by atoms with Crippen molar-refractivity contribution >= 4 is 22.5 Å². The second kappa shape index (κ2) is 8.55. The lowest BCUT2D eigenvalue weighted by atomic mass is 10.0. The maximum absolute atomic E-state index is 12.5. The number of carbonyl (C=O) groups is 1. The van der Waals surface area contributed by atoms with Crippen LogP contribution in [0, 0.1) is 0 Å². The number of nitrogens with two attached hydrogens (primary N) is 1. The number of pyridine rings is 1. The fourth-order valence-corrected chi connectivity index (χ4v) is 4.43. The zero-order valence-corrected chi connectivity index (χ0v) is 17.5. The molecule has 2 aromatic carbocycles. The average Bonchev–Trinajstić information content (AvgIpc) is 3.34. The summed E-state index contributed by atoms with van der Waals surface area (Å²) in [4.78, 5) is 18.6. The van der Waals surface area contributed by atoms with Crippen LogP contribution in [0.3, 0.4) is 0 Å². The normalized spacial score (nSPS) is 19.6. The number of nitrogens with zero attached hydrogens (tertiary/aromatic N) is 2. The first-order chi connectivity index (χ1) is 15.2. The fraction of sp³-hybridized carbons (Fsp3) is 0.360. The molecule has 0 aliphatic carbocycles. The van der Waals surface area contributed by atoms with Crippen LogP contribution >= 0.6 is 0 Å². The SMILES string of the molecule is Nc1cc2cc(-c3ccc(OC4CCN(C(=O)[C@H]5CCCO5)CC4)cc3)ccc2cn1. The largest absolute Gasteiger partial charge is 0.490 e. The minimum atomic E-state index is -0.229. The molecular formula is C25H27N3O3. The van der Waals surface area contributed by atoms with Crippen LogP contribution < -0.4 is 10.5 Å². The van der Waals surface area contributed by atoms with Gasteiger partial charge in [0.1, 0.15) is 23.8 Å². The van der Waals surface area contributed by atoms with Crippen molar-refractivity contribution < 1.29 is 14.3 Å². The molecule has 0 unspecified atom stereocenters. The van der Waals surface area contributed by atoms with Gasteiger partial charge in [0, 0.05) is 44.1 Å². The minimum absolute atomic E-state index is 0.135. The number of aromatic nitrogens is 1. The lowest BCUT2D eigenvalue weighted by Gasteiger charge is -2.33. The third-order valence-electron chi connectivity index (χ3n) is 6.19. The molecule has 2 N–H and O–H groups in total. The van der Waals surface area contributed by atoms with Crippen LogP contribution in [0.25, 0.3) is 21.9 Å². The number of nitrogen functional groups attached to an aromatic ring is 1. The van der Waals surface area contributed by atoms with Crippen LogP contribution in [-0.2, 0) is 9.53 Å². The number of piperidine rings is 1. The molecule has 6 nitrogen and oxygen atoms in total. The van der Waals surface area contributed by atoms with Crippen molar-refractivity contribution in [2.24, 2.45) is 0 Å². The molecule has 0 saturated carbocycles. The van der Waals surface area contributed by atoms with Crippen LogP contribution in [0.2, 0.25) is 0 Å². The van der Waals surface area contributed by atoms with E-state index in [0.29, 0.717) is 12.4 Å². The number of hydrogen-bond acceptors (Lipinski definition) is 5. The monoisotopic (exact) mass is 417 g/mol. The first-order valence-electron chi connectivity index (χ1n) is 11.0. The highest BCUT2D eigenvalue weighted by molar-refractivity contribution is 5.88. The van der Waals surface area contributed by atoms with Gasteiger partial charge in [0.25, 0.3) is 5.91 Å². The average molecular weight is 418 g/mol. The van der Waals surface area contributed by atoms with Gasteiger partial charge in [0.2, 0.25) is 0 Å². The Labute approximate surface area is 182 Å². The zero-order chi connectivity index (χ0) is 21.2. The highest BCUT2D eigenvalue weighted by Gasteiger charge is 2.31. The van der Waals surface area contributed by atoms with E-state index in [-0.39, 0.29) is 18.1 Å². The Balaban J connectivity index is 1.20. The molecule has 2 fully saturated rings. The molecule has 2 aliphatic rings. The molecule has 6 heteroatoms. The van der Waals surface area contributed by atoms with Crippen molar-refractivity contribution in [2.75, 3.05) is 25.4 Å². The van der Waals surface area contributed by atoms with Gasteiger partial charge in [-0.05, 0) is 53.6 Å². The number of amides is 1.